The van der Waals surface area contributed by atoms with Crippen LogP contribution < -0.4 is 0 Å². The number of pyridine rings is 1. The zero-order valence-electron chi connectivity index (χ0n) is 11.2. The smallest absolute Gasteiger partial charge is 0.167 e. The number of carbonyl (C=O) groups is 1. The van der Waals surface area contributed by atoms with Crippen molar-refractivity contribution in [1.82, 2.24) is 4.98 Å². The van der Waals surface area contributed by atoms with E-state index in [4.69, 9.17) is 0 Å². The monoisotopic (exact) mass is 277 g/mol. The van der Waals surface area contributed by atoms with Gasteiger partial charge in [-0.05, 0) is 44.2 Å². The highest BCUT2D eigenvalue weighted by Gasteiger charge is 2.40. The standard InChI is InChI=1S/C15H19NO2S/c1-10-5-6-16-9-14(10)15(17)11-7-12-3-2-4-13(8-11)19(12)18/h5-6,9,11-13H,2-4,7-8H2,1H3. The van der Waals surface area contributed by atoms with E-state index in [9.17, 15) is 9.00 Å². The van der Waals surface area contributed by atoms with Crippen molar-refractivity contribution in [3.05, 3.63) is 29.6 Å². The van der Waals surface area contributed by atoms with Crippen LogP contribution in [0.15, 0.2) is 18.5 Å². The van der Waals surface area contributed by atoms with Crippen molar-refractivity contribution in [2.24, 2.45) is 5.92 Å². The van der Waals surface area contributed by atoms with Crippen LogP contribution in [0.5, 0.6) is 0 Å². The van der Waals surface area contributed by atoms with Gasteiger partial charge < -0.3 is 0 Å². The van der Waals surface area contributed by atoms with Crippen LogP contribution in [0.4, 0.5) is 0 Å². The highest BCUT2D eigenvalue weighted by atomic mass is 32.2. The fourth-order valence-electron chi connectivity index (χ4n) is 3.39. The van der Waals surface area contributed by atoms with Crippen LogP contribution in [-0.4, -0.2) is 25.5 Å². The molecule has 2 fully saturated rings. The first-order chi connectivity index (χ1) is 9.16. The fourth-order valence-corrected chi connectivity index (χ4v) is 5.58. The average molecular weight is 277 g/mol. The maximum atomic E-state index is 12.6. The zero-order valence-corrected chi connectivity index (χ0v) is 12.0. The summed E-state index contributed by atoms with van der Waals surface area (Å²) in [7, 11) is -0.703. The summed E-state index contributed by atoms with van der Waals surface area (Å²) >= 11 is 0. The van der Waals surface area contributed by atoms with E-state index in [2.05, 4.69) is 4.98 Å². The molecule has 0 aromatic carbocycles. The van der Waals surface area contributed by atoms with Gasteiger partial charge in [0.05, 0.1) is 0 Å². The lowest BCUT2D eigenvalue weighted by molar-refractivity contribution is 0.0894. The summed E-state index contributed by atoms with van der Waals surface area (Å²) in [6.07, 6.45) is 8.23. The van der Waals surface area contributed by atoms with Crippen LogP contribution in [0.1, 0.15) is 48.0 Å². The van der Waals surface area contributed by atoms with E-state index < -0.39 is 10.8 Å². The van der Waals surface area contributed by atoms with E-state index in [1.165, 1.54) is 6.42 Å². The second-order valence-electron chi connectivity index (χ2n) is 5.73. The summed E-state index contributed by atoms with van der Waals surface area (Å²) in [4.78, 5) is 16.7. The minimum absolute atomic E-state index is 0.0518. The Morgan fingerprint density at radius 1 is 1.32 bits per heavy atom. The molecule has 0 spiro atoms. The molecule has 0 saturated carbocycles. The minimum Gasteiger partial charge on any atom is -0.294 e. The van der Waals surface area contributed by atoms with Gasteiger partial charge in [-0.3, -0.25) is 14.0 Å². The summed E-state index contributed by atoms with van der Waals surface area (Å²) in [6.45, 7) is 1.96. The number of carbonyl (C=O) groups excluding carboxylic acids is 1. The molecule has 0 radical (unpaired) electrons. The van der Waals surface area contributed by atoms with Crippen molar-refractivity contribution in [2.75, 3.05) is 0 Å². The Morgan fingerprint density at radius 3 is 2.63 bits per heavy atom. The van der Waals surface area contributed by atoms with E-state index >= 15 is 0 Å². The van der Waals surface area contributed by atoms with Gasteiger partial charge in [0.1, 0.15) is 0 Å². The quantitative estimate of drug-likeness (QED) is 0.781. The van der Waals surface area contributed by atoms with Crippen LogP contribution in [0, 0.1) is 12.8 Å². The van der Waals surface area contributed by atoms with E-state index in [-0.39, 0.29) is 22.2 Å². The fraction of sp³-hybridized carbons (Fsp3) is 0.600. The Kier molecular flexibility index (Phi) is 3.52. The molecule has 1 aromatic rings. The second-order valence-corrected chi connectivity index (χ2v) is 7.72. The Bertz CT molecular complexity index is 513. The first-order valence-corrected chi connectivity index (χ1v) is 8.28. The van der Waals surface area contributed by atoms with E-state index in [0.29, 0.717) is 0 Å². The van der Waals surface area contributed by atoms with Crippen LogP contribution in [0.2, 0.25) is 0 Å². The molecule has 0 amide bonds. The Balaban J connectivity index is 1.82. The number of Topliss-reactive ketones (excluding diaryl/α,β-unsaturated/α-hetero) is 1. The van der Waals surface area contributed by atoms with Crippen LogP contribution in [0.25, 0.3) is 0 Å². The Hall–Kier alpha value is -1.03. The maximum absolute atomic E-state index is 12.6. The molecule has 0 aliphatic carbocycles. The normalized spacial score (nSPS) is 33.9. The number of fused-ring (bicyclic) bond motifs is 2. The van der Waals surface area contributed by atoms with Gasteiger partial charge in [0, 0.05) is 45.2 Å². The largest absolute Gasteiger partial charge is 0.294 e. The lowest BCUT2D eigenvalue weighted by atomic mass is 9.84. The third kappa shape index (κ3) is 2.38. The van der Waals surface area contributed by atoms with Gasteiger partial charge in [-0.25, -0.2) is 0 Å². The molecule has 1 aromatic heterocycles. The van der Waals surface area contributed by atoms with Crippen molar-refractivity contribution in [3.63, 3.8) is 0 Å². The van der Waals surface area contributed by atoms with Crippen LogP contribution in [-0.2, 0) is 10.8 Å². The summed E-state index contributed by atoms with van der Waals surface area (Å²) in [5.41, 5.74) is 1.75. The van der Waals surface area contributed by atoms with E-state index in [1.54, 1.807) is 12.4 Å². The number of hydrogen-bond acceptors (Lipinski definition) is 3. The van der Waals surface area contributed by atoms with Gasteiger partial charge >= 0.3 is 0 Å². The Labute approximate surface area is 116 Å². The molecule has 4 heteroatoms. The van der Waals surface area contributed by atoms with Gasteiger partial charge in [0.15, 0.2) is 5.78 Å². The third-order valence-electron chi connectivity index (χ3n) is 4.48. The number of nitrogens with zero attached hydrogens (tertiary/aromatic N) is 1. The number of aryl methyl sites for hydroxylation is 1. The highest BCUT2D eigenvalue weighted by Crippen LogP contribution is 2.38. The molecule has 102 valence electrons. The summed E-state index contributed by atoms with van der Waals surface area (Å²) in [5, 5.41) is 0.497. The van der Waals surface area contributed by atoms with E-state index in [0.717, 1.165) is 36.8 Å². The molecule has 3 heterocycles. The molecule has 2 unspecified atom stereocenters. The molecule has 3 nitrogen and oxygen atoms in total. The van der Waals surface area contributed by atoms with Crippen molar-refractivity contribution < 1.29 is 9.00 Å². The third-order valence-corrected chi connectivity index (χ3v) is 6.65. The molecule has 2 aliphatic rings. The van der Waals surface area contributed by atoms with Crippen LogP contribution in [0.3, 0.4) is 0 Å². The molecule has 3 rings (SSSR count). The predicted molar refractivity (Wildman–Crippen MR) is 75.6 cm³/mol. The lowest BCUT2D eigenvalue weighted by Crippen LogP contribution is -2.41. The molecule has 19 heavy (non-hydrogen) atoms. The number of rotatable bonds is 2. The van der Waals surface area contributed by atoms with Gasteiger partial charge in [0.2, 0.25) is 0 Å². The molecule has 2 atom stereocenters. The Morgan fingerprint density at radius 2 is 2.00 bits per heavy atom. The van der Waals surface area contributed by atoms with E-state index in [1.807, 2.05) is 13.0 Å². The van der Waals surface area contributed by atoms with Crippen molar-refractivity contribution >= 4 is 16.6 Å². The average Bonchev–Trinajstić information content (AvgIpc) is 2.38. The number of ketones is 1. The zero-order chi connectivity index (χ0) is 13.4. The summed E-state index contributed by atoms with van der Waals surface area (Å²) in [6, 6.07) is 1.88. The molecular weight excluding hydrogens is 258 g/mol. The highest BCUT2D eigenvalue weighted by molar-refractivity contribution is 7.86. The van der Waals surface area contributed by atoms with Gasteiger partial charge in [-0.1, -0.05) is 6.42 Å². The summed E-state index contributed by atoms with van der Waals surface area (Å²) < 4.78 is 12.2. The second kappa shape index (κ2) is 5.16. The van der Waals surface area contributed by atoms with Gasteiger partial charge in [-0.15, -0.1) is 0 Å². The number of hydrogen-bond donors (Lipinski definition) is 0. The van der Waals surface area contributed by atoms with Crippen molar-refractivity contribution in [2.45, 2.75) is 49.5 Å². The molecule has 2 saturated heterocycles. The van der Waals surface area contributed by atoms with Crippen LogP contribution >= 0.6 is 0 Å². The van der Waals surface area contributed by atoms with Crippen molar-refractivity contribution in [3.8, 4) is 0 Å². The number of aromatic nitrogens is 1. The first-order valence-electron chi connectivity index (χ1n) is 7.01. The SMILES string of the molecule is Cc1ccncc1C(=O)C1CC2CCCC(C1)S2=O. The molecule has 2 bridgehead atoms. The molecular formula is C15H19NO2S. The van der Waals surface area contributed by atoms with Gasteiger partial charge in [0.25, 0.3) is 0 Å². The van der Waals surface area contributed by atoms with Gasteiger partial charge in [-0.2, -0.15) is 0 Å². The lowest BCUT2D eigenvalue weighted by Gasteiger charge is -2.37. The maximum Gasteiger partial charge on any atom is 0.167 e. The first kappa shape index (κ1) is 13.0. The predicted octanol–water partition coefficient (Wildman–Crippen LogP) is 2.65. The summed E-state index contributed by atoms with van der Waals surface area (Å²) in [5.74, 6) is 0.259. The minimum atomic E-state index is -0.703. The molecule has 0 N–H and O–H groups in total. The molecule has 2 aliphatic heterocycles. The van der Waals surface area contributed by atoms with Crippen molar-refractivity contribution in [1.29, 1.82) is 0 Å². The topological polar surface area (TPSA) is 47.0 Å².